The number of halogens is 2. The van der Waals surface area contributed by atoms with Crippen LogP contribution in [-0.2, 0) is 4.79 Å². The summed E-state index contributed by atoms with van der Waals surface area (Å²) in [5.41, 5.74) is 0. The van der Waals surface area contributed by atoms with Crippen molar-refractivity contribution in [2.75, 3.05) is 0 Å². The molecule has 17 unspecified atom stereocenters. The number of carboxylic acids is 1. The third-order valence-corrected chi connectivity index (χ3v) is 14.2. The van der Waals surface area contributed by atoms with Gasteiger partial charge in [0.25, 0.3) is 0 Å². The molecule has 9 fully saturated rings. The highest BCUT2D eigenvalue weighted by Crippen LogP contribution is 2.46. The van der Waals surface area contributed by atoms with Crippen LogP contribution in [0.1, 0.15) is 96.3 Å². The first-order valence-corrected chi connectivity index (χ1v) is 18.4. The molecule has 4 aliphatic carbocycles. The maximum absolute atomic E-state index is 12.6. The third kappa shape index (κ3) is 6.06. The third-order valence-electron chi connectivity index (χ3n) is 14.2. The van der Waals surface area contributed by atoms with Crippen LogP contribution >= 0.6 is 48.0 Å². The molecule has 17 atom stereocenters. The summed E-state index contributed by atoms with van der Waals surface area (Å²) in [6.45, 7) is 0. The van der Waals surface area contributed by atoms with Gasteiger partial charge in [0, 0.05) is 5.92 Å². The Bertz CT molecular complexity index is 1060. The predicted octanol–water partition coefficient (Wildman–Crippen LogP) is 3.15. The van der Waals surface area contributed by atoms with Gasteiger partial charge in [-0.25, -0.2) is 0 Å². The summed E-state index contributed by atoms with van der Waals surface area (Å²) in [4.78, 5) is 12.6. The Morgan fingerprint density at radius 3 is 0.956 bits per heavy atom. The standard InChI is InChI=1S/C33H56N8O2.2HI/c42-33(43)23-15-7-14-22-24(23)32-40-30-21-13-6-5-12-20(21)28(38-30)36-26-17-9-2-1-8-16(17)25(34-26)35-27-18-10-3-4-11-19(18)29(37-27)39-31(22)41-32;;/h16-32,34-41H,1-15H2,(H,42,43);2*1H. The Hall–Kier alpha value is 0.610. The van der Waals surface area contributed by atoms with Gasteiger partial charge in [-0.2, -0.15) is 0 Å². The van der Waals surface area contributed by atoms with E-state index in [0.29, 0.717) is 66.1 Å². The maximum atomic E-state index is 12.6. The van der Waals surface area contributed by atoms with E-state index >= 15 is 0 Å². The van der Waals surface area contributed by atoms with E-state index in [9.17, 15) is 9.90 Å². The van der Waals surface area contributed by atoms with Gasteiger partial charge < -0.3 is 5.11 Å². The second kappa shape index (κ2) is 14.1. The number of hydrogen-bond acceptors (Lipinski definition) is 9. The molecular formula is C33H58I2N8O2. The number of carbonyl (C=O) groups is 1. The topological polar surface area (TPSA) is 134 Å². The van der Waals surface area contributed by atoms with E-state index in [-0.39, 0.29) is 84.5 Å². The van der Waals surface area contributed by atoms with Crippen molar-refractivity contribution in [2.24, 2.45) is 53.3 Å². The van der Waals surface area contributed by atoms with Crippen molar-refractivity contribution in [3.8, 4) is 0 Å². The molecular weight excluding hydrogens is 794 g/mol. The van der Waals surface area contributed by atoms with Crippen molar-refractivity contribution >= 4 is 53.9 Å². The quantitative estimate of drug-likeness (QED) is 0.182. The van der Waals surface area contributed by atoms with E-state index in [1.807, 2.05) is 0 Å². The number of aliphatic carboxylic acids is 1. The zero-order valence-electron chi connectivity index (χ0n) is 26.6. The fourth-order valence-corrected chi connectivity index (χ4v) is 12.3. The van der Waals surface area contributed by atoms with Gasteiger partial charge in [0.05, 0.1) is 55.2 Å². The monoisotopic (exact) mass is 852 g/mol. The summed E-state index contributed by atoms with van der Waals surface area (Å²) in [6, 6.07) is 0. The van der Waals surface area contributed by atoms with Crippen LogP contribution in [0.15, 0.2) is 0 Å². The van der Waals surface area contributed by atoms with E-state index in [0.717, 1.165) is 19.3 Å². The molecule has 10 nitrogen and oxygen atoms in total. The average molecular weight is 853 g/mol. The van der Waals surface area contributed by atoms with Gasteiger partial charge in [-0.15, -0.1) is 48.0 Å². The summed E-state index contributed by atoms with van der Waals surface area (Å²) < 4.78 is 0. The van der Waals surface area contributed by atoms with Crippen molar-refractivity contribution in [3.05, 3.63) is 0 Å². The van der Waals surface area contributed by atoms with Crippen LogP contribution in [-0.4, -0.2) is 60.4 Å². The number of hydrogen-bond donors (Lipinski definition) is 9. The molecule has 0 radical (unpaired) electrons. The number of rotatable bonds is 1. The second-order valence-electron chi connectivity index (χ2n) is 16.1. The first-order valence-electron chi connectivity index (χ1n) is 18.4. The van der Waals surface area contributed by atoms with E-state index in [4.69, 9.17) is 0 Å². The molecule has 0 spiro atoms. The molecule has 0 aromatic carbocycles. The van der Waals surface area contributed by atoms with Crippen LogP contribution < -0.4 is 42.5 Å². The lowest BCUT2D eigenvalue weighted by molar-refractivity contribution is -0.146. The number of nitrogens with one attached hydrogen (secondary N) is 8. The number of fused-ring (bicyclic) bond motifs is 20. The molecule has 45 heavy (non-hydrogen) atoms. The van der Waals surface area contributed by atoms with Crippen molar-refractivity contribution in [3.63, 3.8) is 0 Å². The lowest BCUT2D eigenvalue weighted by Gasteiger charge is -2.37. The van der Waals surface area contributed by atoms with E-state index in [1.165, 1.54) is 77.0 Å². The molecule has 9 rings (SSSR count). The summed E-state index contributed by atoms with van der Waals surface area (Å²) in [5, 5.41) is 43.3. The minimum absolute atomic E-state index is 0. The molecule has 5 heterocycles. The van der Waals surface area contributed by atoms with Crippen molar-refractivity contribution < 1.29 is 9.90 Å². The number of carboxylic acid groups (broad SMARTS) is 1. The second-order valence-corrected chi connectivity index (χ2v) is 16.1. The summed E-state index contributed by atoms with van der Waals surface area (Å²) in [7, 11) is 0. The Kier molecular flexibility index (Phi) is 10.7. The Labute approximate surface area is 303 Å². The first kappa shape index (κ1) is 34.1. The van der Waals surface area contributed by atoms with Crippen LogP contribution in [0.3, 0.4) is 0 Å². The highest BCUT2D eigenvalue weighted by atomic mass is 127. The molecule has 256 valence electrons. The maximum Gasteiger partial charge on any atom is 0.306 e. The highest BCUT2D eigenvalue weighted by Gasteiger charge is 2.56. The minimum Gasteiger partial charge on any atom is -0.481 e. The molecule has 5 saturated heterocycles. The van der Waals surface area contributed by atoms with Gasteiger partial charge in [0.1, 0.15) is 0 Å². The van der Waals surface area contributed by atoms with E-state index in [1.54, 1.807) is 0 Å². The van der Waals surface area contributed by atoms with Gasteiger partial charge >= 0.3 is 5.97 Å². The van der Waals surface area contributed by atoms with E-state index in [2.05, 4.69) is 42.5 Å². The van der Waals surface area contributed by atoms with Crippen molar-refractivity contribution in [1.29, 1.82) is 0 Å². The van der Waals surface area contributed by atoms with E-state index < -0.39 is 5.97 Å². The first-order chi connectivity index (χ1) is 21.1. The molecule has 0 aromatic heterocycles. The fourth-order valence-electron chi connectivity index (χ4n) is 12.3. The average Bonchev–Trinajstić information content (AvgIpc) is 3.76. The van der Waals surface area contributed by atoms with Crippen LogP contribution in [0.5, 0.6) is 0 Å². The largest absolute Gasteiger partial charge is 0.481 e. The zero-order valence-corrected chi connectivity index (χ0v) is 31.3. The molecule has 4 saturated carbocycles. The van der Waals surface area contributed by atoms with Crippen molar-refractivity contribution in [2.45, 2.75) is 146 Å². The van der Waals surface area contributed by atoms with Crippen LogP contribution in [0, 0.1) is 53.3 Å². The minimum atomic E-state index is -0.607. The Balaban J connectivity index is 0.00000163. The molecule has 5 aliphatic heterocycles. The van der Waals surface area contributed by atoms with Crippen LogP contribution in [0.2, 0.25) is 0 Å². The SMILES string of the molecule is I.I.O=C(O)C1CCCC2C3NC4NC(NC5NC(NC6NC(NC(N3)C12)C1CCCCC61)C1CCCCC51)C1CCCCC41. The summed E-state index contributed by atoms with van der Waals surface area (Å²) in [6.07, 6.45) is 20.5. The van der Waals surface area contributed by atoms with Crippen LogP contribution in [0.4, 0.5) is 0 Å². The Morgan fingerprint density at radius 2 is 0.644 bits per heavy atom. The normalized spacial score (nSPS) is 53.6. The zero-order chi connectivity index (χ0) is 28.7. The summed E-state index contributed by atoms with van der Waals surface area (Å²) >= 11 is 0. The van der Waals surface area contributed by atoms with Gasteiger partial charge in [-0.05, 0) is 92.8 Å². The molecule has 0 amide bonds. The molecule has 0 aromatic rings. The molecule has 9 aliphatic rings. The summed E-state index contributed by atoms with van der Waals surface area (Å²) in [5.74, 6) is 3.36. The molecule has 9 N–H and O–H groups in total. The van der Waals surface area contributed by atoms with Gasteiger partial charge in [-0.1, -0.05) is 44.9 Å². The molecule has 8 bridgehead atoms. The Morgan fingerprint density at radius 1 is 0.378 bits per heavy atom. The van der Waals surface area contributed by atoms with Crippen molar-refractivity contribution in [1.82, 2.24) is 42.5 Å². The molecule has 12 heteroatoms. The van der Waals surface area contributed by atoms with Gasteiger partial charge in [-0.3, -0.25) is 47.3 Å². The smallest absolute Gasteiger partial charge is 0.306 e. The highest BCUT2D eigenvalue weighted by molar-refractivity contribution is 14.0. The van der Waals surface area contributed by atoms with Gasteiger partial charge in [0.2, 0.25) is 0 Å². The lowest BCUT2D eigenvalue weighted by Crippen LogP contribution is -2.62. The predicted molar refractivity (Wildman–Crippen MR) is 195 cm³/mol. The van der Waals surface area contributed by atoms with Gasteiger partial charge in [0.15, 0.2) is 0 Å². The fraction of sp³-hybridized carbons (Fsp3) is 0.970. The van der Waals surface area contributed by atoms with Crippen LogP contribution in [0.25, 0.3) is 0 Å². The lowest BCUT2D eigenvalue weighted by atomic mass is 9.71.